The maximum atomic E-state index is 4.24. The predicted molar refractivity (Wildman–Crippen MR) is 77.9 cm³/mol. The number of rotatable bonds is 4. The largest absolute Gasteiger partial charge is 0.360 e. The number of nitrogens with one attached hydrogen (secondary N) is 3. The molecule has 0 amide bonds. The van der Waals surface area contributed by atoms with Crippen molar-refractivity contribution in [2.24, 2.45) is 0 Å². The van der Waals surface area contributed by atoms with Gasteiger partial charge in [-0.15, -0.1) is 0 Å². The summed E-state index contributed by atoms with van der Waals surface area (Å²) in [6, 6.07) is 12.4. The molecule has 0 spiro atoms. The van der Waals surface area contributed by atoms with Gasteiger partial charge >= 0.3 is 0 Å². The van der Waals surface area contributed by atoms with E-state index in [1.807, 2.05) is 12.3 Å². The van der Waals surface area contributed by atoms with Crippen LogP contribution in [0.3, 0.4) is 0 Å². The summed E-state index contributed by atoms with van der Waals surface area (Å²) in [7, 11) is 0. The molecule has 0 atom stereocenters. The average Bonchev–Trinajstić information content (AvgIpc) is 3.10. The zero-order valence-electron chi connectivity index (χ0n) is 9.90. The van der Waals surface area contributed by atoms with Crippen molar-refractivity contribution in [1.82, 2.24) is 15.0 Å². The zero-order chi connectivity index (χ0) is 12.4. The van der Waals surface area contributed by atoms with Crippen LogP contribution in [-0.2, 0) is 6.42 Å². The minimum Gasteiger partial charge on any atom is -0.360 e. The molecule has 0 unspecified atom stereocenters. The molecule has 92 valence electrons. The number of hydrogen-bond donors (Lipinski definition) is 4. The quantitative estimate of drug-likeness (QED) is 0.517. The smallest absolute Gasteiger partial charge is 0.0624 e. The van der Waals surface area contributed by atoms with Gasteiger partial charge in [-0.1, -0.05) is 0 Å². The molecule has 3 N–H and O–H groups in total. The van der Waals surface area contributed by atoms with E-state index in [4.69, 9.17) is 0 Å². The molecule has 3 heterocycles. The number of aromatic nitrogens is 3. The van der Waals surface area contributed by atoms with Gasteiger partial charge in [0.05, 0.1) is 22.8 Å². The molecule has 0 aliphatic carbocycles. The molecule has 3 aromatic rings. The van der Waals surface area contributed by atoms with Crippen LogP contribution in [0.5, 0.6) is 0 Å². The molecule has 3 aromatic heterocycles. The predicted octanol–water partition coefficient (Wildman–Crippen LogP) is 3.48. The fourth-order valence-corrected chi connectivity index (χ4v) is 2.31. The molecule has 18 heavy (non-hydrogen) atoms. The summed E-state index contributed by atoms with van der Waals surface area (Å²) in [5.41, 5.74) is 5.63. The molecule has 0 fully saturated rings. The van der Waals surface area contributed by atoms with Gasteiger partial charge in [0.15, 0.2) is 0 Å². The van der Waals surface area contributed by atoms with Gasteiger partial charge in [0.2, 0.25) is 0 Å². The van der Waals surface area contributed by atoms with Crippen LogP contribution in [0.1, 0.15) is 5.69 Å². The van der Waals surface area contributed by atoms with Crippen molar-refractivity contribution >= 4 is 12.6 Å². The van der Waals surface area contributed by atoms with Crippen LogP contribution >= 0.6 is 12.6 Å². The van der Waals surface area contributed by atoms with Gasteiger partial charge < -0.3 is 15.0 Å². The lowest BCUT2D eigenvalue weighted by molar-refractivity contribution is 1.08. The van der Waals surface area contributed by atoms with E-state index in [1.54, 1.807) is 0 Å². The summed E-state index contributed by atoms with van der Waals surface area (Å²) in [6.07, 6.45) is 2.89. The summed E-state index contributed by atoms with van der Waals surface area (Å²) >= 11 is 4.24. The minimum absolute atomic E-state index is 0.860. The number of thiol groups is 1. The fourth-order valence-electron chi connectivity index (χ4n) is 2.07. The third-order valence-electron chi connectivity index (χ3n) is 2.99. The van der Waals surface area contributed by atoms with Crippen molar-refractivity contribution in [2.45, 2.75) is 6.42 Å². The molecule has 0 aliphatic heterocycles. The Labute approximate surface area is 111 Å². The topological polar surface area (TPSA) is 47.4 Å². The van der Waals surface area contributed by atoms with Crippen LogP contribution in [-0.4, -0.2) is 20.7 Å². The van der Waals surface area contributed by atoms with Crippen molar-refractivity contribution in [3.8, 4) is 22.8 Å². The lowest BCUT2D eigenvalue weighted by Crippen LogP contribution is -1.86. The maximum Gasteiger partial charge on any atom is 0.0624 e. The standard InChI is InChI=1S/C14H15N3S/c18-9-7-10-3-4-13(16-10)14-6-5-12(17-14)11-2-1-8-15-11/h1-6,8,15-18H,7,9H2. The summed E-state index contributed by atoms with van der Waals surface area (Å²) in [6.45, 7) is 0. The van der Waals surface area contributed by atoms with Gasteiger partial charge in [-0.2, -0.15) is 12.6 Å². The van der Waals surface area contributed by atoms with Crippen LogP contribution in [0, 0.1) is 0 Å². The van der Waals surface area contributed by atoms with E-state index in [1.165, 1.54) is 5.69 Å². The van der Waals surface area contributed by atoms with Crippen LogP contribution < -0.4 is 0 Å². The molecule has 0 saturated heterocycles. The second-order valence-electron chi connectivity index (χ2n) is 4.24. The van der Waals surface area contributed by atoms with E-state index < -0.39 is 0 Å². The van der Waals surface area contributed by atoms with E-state index in [9.17, 15) is 0 Å². The Bertz CT molecular complexity index is 619. The molecule has 0 aromatic carbocycles. The number of hydrogen-bond acceptors (Lipinski definition) is 1. The highest BCUT2D eigenvalue weighted by Gasteiger charge is 2.06. The first-order valence-corrected chi connectivity index (χ1v) is 6.62. The van der Waals surface area contributed by atoms with Gasteiger partial charge in [-0.25, -0.2) is 0 Å². The molecular weight excluding hydrogens is 242 g/mol. The summed E-state index contributed by atoms with van der Waals surface area (Å²) in [5.74, 6) is 0.860. The van der Waals surface area contributed by atoms with Crippen molar-refractivity contribution in [3.05, 3.63) is 48.3 Å². The Morgan fingerprint density at radius 1 is 0.833 bits per heavy atom. The normalized spacial score (nSPS) is 10.9. The highest BCUT2D eigenvalue weighted by molar-refractivity contribution is 7.80. The summed E-state index contributed by atoms with van der Waals surface area (Å²) in [5, 5.41) is 0. The SMILES string of the molecule is SCCc1ccc(-c2ccc(-c3ccc[nH]3)[nH]2)[nH]1. The van der Waals surface area contributed by atoms with Crippen LogP contribution in [0.25, 0.3) is 22.8 Å². The molecule has 0 bridgehead atoms. The van der Waals surface area contributed by atoms with Gasteiger partial charge in [0.25, 0.3) is 0 Å². The molecular formula is C14H15N3S. The van der Waals surface area contributed by atoms with Gasteiger partial charge in [0.1, 0.15) is 0 Å². The maximum absolute atomic E-state index is 4.24. The molecule has 0 saturated carbocycles. The van der Waals surface area contributed by atoms with E-state index in [-0.39, 0.29) is 0 Å². The molecule has 4 heteroatoms. The third kappa shape index (κ3) is 2.11. The zero-order valence-corrected chi connectivity index (χ0v) is 10.8. The summed E-state index contributed by atoms with van der Waals surface area (Å²) in [4.78, 5) is 10.00. The van der Waals surface area contributed by atoms with Crippen molar-refractivity contribution < 1.29 is 0 Å². The Hall–Kier alpha value is -1.81. The van der Waals surface area contributed by atoms with Crippen LogP contribution in [0.4, 0.5) is 0 Å². The second kappa shape index (κ2) is 4.82. The Morgan fingerprint density at radius 3 is 2.28 bits per heavy atom. The highest BCUT2D eigenvalue weighted by Crippen LogP contribution is 2.23. The average molecular weight is 257 g/mol. The lowest BCUT2D eigenvalue weighted by atomic mass is 10.3. The first-order valence-electron chi connectivity index (χ1n) is 5.99. The summed E-state index contributed by atoms with van der Waals surface area (Å²) < 4.78 is 0. The number of aromatic amines is 3. The van der Waals surface area contributed by atoms with Crippen molar-refractivity contribution in [3.63, 3.8) is 0 Å². The minimum atomic E-state index is 0.860. The monoisotopic (exact) mass is 257 g/mol. The number of aryl methyl sites for hydroxylation is 1. The molecule has 3 nitrogen and oxygen atoms in total. The van der Waals surface area contributed by atoms with Gasteiger partial charge in [0, 0.05) is 11.9 Å². The van der Waals surface area contributed by atoms with Crippen molar-refractivity contribution in [1.29, 1.82) is 0 Å². The van der Waals surface area contributed by atoms with E-state index in [2.05, 4.69) is 57.9 Å². The Balaban J connectivity index is 1.88. The highest BCUT2D eigenvalue weighted by atomic mass is 32.1. The lowest BCUT2D eigenvalue weighted by Gasteiger charge is -1.96. The Kier molecular flexibility index (Phi) is 3.02. The third-order valence-corrected chi connectivity index (χ3v) is 3.22. The van der Waals surface area contributed by atoms with Gasteiger partial charge in [-0.05, 0) is 48.6 Å². The first-order chi connectivity index (χ1) is 8.86. The van der Waals surface area contributed by atoms with Crippen LogP contribution in [0.15, 0.2) is 42.6 Å². The first kappa shape index (κ1) is 11.3. The second-order valence-corrected chi connectivity index (χ2v) is 4.69. The van der Waals surface area contributed by atoms with Gasteiger partial charge in [-0.3, -0.25) is 0 Å². The molecule has 3 rings (SSSR count). The molecule has 0 radical (unpaired) electrons. The van der Waals surface area contributed by atoms with Crippen molar-refractivity contribution in [2.75, 3.05) is 5.75 Å². The molecule has 0 aliphatic rings. The fraction of sp³-hybridized carbons (Fsp3) is 0.143. The number of H-pyrrole nitrogens is 3. The van der Waals surface area contributed by atoms with Crippen LogP contribution in [0.2, 0.25) is 0 Å². The van der Waals surface area contributed by atoms with E-state index in [0.29, 0.717) is 0 Å². The Morgan fingerprint density at radius 2 is 1.56 bits per heavy atom. The van der Waals surface area contributed by atoms with E-state index >= 15 is 0 Å². The van der Waals surface area contributed by atoms with E-state index in [0.717, 1.165) is 34.9 Å².